The van der Waals surface area contributed by atoms with Gasteiger partial charge >= 0.3 is 6.09 Å². The maximum atomic E-state index is 13.4. The second-order valence-electron chi connectivity index (χ2n) is 9.81. The van der Waals surface area contributed by atoms with E-state index in [-0.39, 0.29) is 11.9 Å². The van der Waals surface area contributed by atoms with Gasteiger partial charge in [-0.15, -0.1) is 0 Å². The van der Waals surface area contributed by atoms with Gasteiger partial charge in [0.1, 0.15) is 18.0 Å². The molecule has 178 valence electrons. The van der Waals surface area contributed by atoms with E-state index in [0.717, 1.165) is 16.9 Å². The van der Waals surface area contributed by atoms with Crippen LogP contribution in [-0.4, -0.2) is 51.1 Å². The topological polar surface area (TPSA) is 69.5 Å². The molecule has 1 amide bonds. The Morgan fingerprint density at radius 1 is 1.26 bits per heavy atom. The number of ether oxygens (including phenoxy) is 2. The van der Waals surface area contributed by atoms with E-state index in [1.165, 1.54) is 29.0 Å². The summed E-state index contributed by atoms with van der Waals surface area (Å²) in [6.07, 6.45) is 6.78. The van der Waals surface area contributed by atoms with Crippen molar-refractivity contribution < 1.29 is 18.7 Å². The third kappa shape index (κ3) is 4.44. The third-order valence-electron chi connectivity index (χ3n) is 6.16. The predicted octanol–water partition coefficient (Wildman–Crippen LogP) is 5.11. The smallest absolute Gasteiger partial charge is 0.410 e. The molecule has 1 fully saturated rings. The maximum absolute atomic E-state index is 13.4. The van der Waals surface area contributed by atoms with Gasteiger partial charge in [0.15, 0.2) is 0 Å². The number of carbonyl (C=O) groups excluding carboxylic acids is 1. The van der Waals surface area contributed by atoms with Crippen LogP contribution in [0.3, 0.4) is 0 Å². The molecule has 1 aliphatic heterocycles. The van der Waals surface area contributed by atoms with Crippen molar-refractivity contribution in [2.75, 3.05) is 19.7 Å². The lowest BCUT2D eigenvalue weighted by Gasteiger charge is -2.46. The molecule has 0 bridgehead atoms. The molecule has 0 N–H and O–H groups in total. The van der Waals surface area contributed by atoms with Crippen molar-refractivity contribution in [3.05, 3.63) is 64.7 Å². The molecule has 1 saturated heterocycles. The molecular formula is C25H27FN4O3S. The molecule has 9 heteroatoms. The number of piperidine rings is 1. The minimum atomic E-state index is -0.562. The number of fused-ring (bicyclic) bond motifs is 2. The highest BCUT2D eigenvalue weighted by Gasteiger charge is 2.45. The summed E-state index contributed by atoms with van der Waals surface area (Å²) in [5, 5.41) is 7.08. The van der Waals surface area contributed by atoms with Gasteiger partial charge in [0, 0.05) is 30.1 Å². The fourth-order valence-corrected chi connectivity index (χ4v) is 5.10. The van der Waals surface area contributed by atoms with Crippen LogP contribution in [0, 0.1) is 11.2 Å². The Balaban J connectivity index is 1.47. The summed E-state index contributed by atoms with van der Waals surface area (Å²) in [6.45, 7) is 7.07. The van der Waals surface area contributed by atoms with Crippen molar-refractivity contribution in [1.29, 1.82) is 0 Å². The van der Waals surface area contributed by atoms with Crippen LogP contribution in [0.1, 0.15) is 38.4 Å². The number of benzene rings is 1. The Morgan fingerprint density at radius 3 is 2.76 bits per heavy atom. The number of hydrogen-bond acceptors (Lipinski definition) is 6. The van der Waals surface area contributed by atoms with Crippen molar-refractivity contribution in [3.8, 4) is 10.9 Å². The molecule has 1 unspecified atom stereocenters. The highest BCUT2D eigenvalue weighted by atomic mass is 32.1. The number of thiazole rings is 1. The highest BCUT2D eigenvalue weighted by Crippen LogP contribution is 2.45. The minimum Gasteiger partial charge on any atom is -0.469 e. The van der Waals surface area contributed by atoms with Gasteiger partial charge in [-0.2, -0.15) is 5.10 Å². The van der Waals surface area contributed by atoms with E-state index in [1.807, 2.05) is 37.0 Å². The zero-order valence-electron chi connectivity index (χ0n) is 19.5. The van der Waals surface area contributed by atoms with Crippen molar-refractivity contribution >= 4 is 23.5 Å². The molecule has 0 spiro atoms. The fraction of sp³-hybridized carbons (Fsp3) is 0.400. The molecule has 7 nitrogen and oxygen atoms in total. The zero-order chi connectivity index (χ0) is 23.9. The average Bonchev–Trinajstić information content (AvgIpc) is 3.45. The first-order valence-corrected chi connectivity index (χ1v) is 12.1. The zero-order valence-corrected chi connectivity index (χ0v) is 20.3. The number of carbonyl (C=O) groups is 1. The maximum Gasteiger partial charge on any atom is 0.410 e. The van der Waals surface area contributed by atoms with Crippen molar-refractivity contribution in [1.82, 2.24) is 19.7 Å². The number of aromatic nitrogens is 3. The Labute approximate surface area is 201 Å². The van der Waals surface area contributed by atoms with E-state index in [2.05, 4.69) is 16.2 Å². The van der Waals surface area contributed by atoms with E-state index in [1.54, 1.807) is 23.2 Å². The quantitative estimate of drug-likeness (QED) is 0.517. The van der Waals surface area contributed by atoms with Crippen molar-refractivity contribution in [2.45, 2.75) is 39.2 Å². The average molecular weight is 483 g/mol. The molecule has 5 rings (SSSR count). The highest BCUT2D eigenvalue weighted by molar-refractivity contribution is 7.11. The molecule has 3 heterocycles. The molecule has 3 aromatic rings. The van der Waals surface area contributed by atoms with Gasteiger partial charge in [-0.1, -0.05) is 16.9 Å². The van der Waals surface area contributed by atoms with Gasteiger partial charge in [-0.05, 0) is 69.5 Å². The van der Waals surface area contributed by atoms with Crippen LogP contribution >= 0.6 is 11.3 Å². The van der Waals surface area contributed by atoms with Gasteiger partial charge in [0.2, 0.25) is 0 Å². The Kier molecular flexibility index (Phi) is 5.67. The largest absolute Gasteiger partial charge is 0.469 e. The van der Waals surface area contributed by atoms with E-state index in [0.29, 0.717) is 37.7 Å². The summed E-state index contributed by atoms with van der Waals surface area (Å²) in [6, 6.07) is 6.31. The molecule has 0 saturated carbocycles. The first-order chi connectivity index (χ1) is 16.2. The standard InChI is InChI=1S/C25H27FN4O3S/c1-24(2,3)33-23(31)29-10-8-18-12-21-17(14-28-30(21)20-6-4-19(26)5-7-20)13-25(18,15-29)16-32-22-27-9-11-34-22/h4-7,9,11-12,14H,8,10,13,15-16H2,1-3H3. The Morgan fingerprint density at radius 2 is 2.06 bits per heavy atom. The molecule has 0 radical (unpaired) electrons. The summed E-state index contributed by atoms with van der Waals surface area (Å²) in [7, 11) is 0. The van der Waals surface area contributed by atoms with E-state index < -0.39 is 11.0 Å². The van der Waals surface area contributed by atoms with Crippen LogP contribution in [-0.2, 0) is 11.2 Å². The number of rotatable bonds is 4. The van der Waals surface area contributed by atoms with E-state index >= 15 is 0 Å². The molecule has 2 aromatic heterocycles. The fourth-order valence-electron chi connectivity index (χ4n) is 4.61. The van der Waals surface area contributed by atoms with Crippen LogP contribution in [0.15, 0.2) is 47.6 Å². The number of nitrogens with zero attached hydrogens (tertiary/aromatic N) is 4. The van der Waals surface area contributed by atoms with Crippen molar-refractivity contribution in [2.24, 2.45) is 5.41 Å². The van der Waals surface area contributed by atoms with E-state index in [9.17, 15) is 9.18 Å². The Bertz CT molecular complexity index is 1210. The summed E-state index contributed by atoms with van der Waals surface area (Å²) in [4.78, 5) is 18.9. The lowest BCUT2D eigenvalue weighted by molar-refractivity contribution is 0.00745. The summed E-state index contributed by atoms with van der Waals surface area (Å²) in [5.41, 5.74) is 3.08. The van der Waals surface area contributed by atoms with Crippen LogP contribution in [0.4, 0.5) is 9.18 Å². The first kappa shape index (κ1) is 22.6. The van der Waals surface area contributed by atoms with Crippen molar-refractivity contribution in [3.63, 3.8) is 0 Å². The first-order valence-electron chi connectivity index (χ1n) is 11.3. The number of amides is 1. The van der Waals surface area contributed by atoms with E-state index in [4.69, 9.17) is 9.47 Å². The molecule has 1 atom stereocenters. The van der Waals surface area contributed by atoms with Crippen LogP contribution in [0.2, 0.25) is 0 Å². The monoisotopic (exact) mass is 482 g/mol. The third-order valence-corrected chi connectivity index (χ3v) is 6.84. The molecule has 34 heavy (non-hydrogen) atoms. The lowest BCUT2D eigenvalue weighted by atomic mass is 9.69. The van der Waals surface area contributed by atoms with Gasteiger partial charge in [0.25, 0.3) is 5.19 Å². The van der Waals surface area contributed by atoms with Gasteiger partial charge < -0.3 is 14.4 Å². The SMILES string of the molecule is CC(C)(C)OC(=O)N1CCC2=Cc3c(cnn3-c3ccc(F)cc3)CC2(COc2nccs2)C1. The summed E-state index contributed by atoms with van der Waals surface area (Å²) < 4.78 is 27.1. The van der Waals surface area contributed by atoms with Crippen LogP contribution in [0.25, 0.3) is 11.8 Å². The molecular weight excluding hydrogens is 455 g/mol. The summed E-state index contributed by atoms with van der Waals surface area (Å²) >= 11 is 1.45. The molecule has 1 aromatic carbocycles. The van der Waals surface area contributed by atoms with Gasteiger partial charge in [-0.3, -0.25) is 0 Å². The number of likely N-dealkylation sites (tertiary alicyclic amines) is 1. The second-order valence-corrected chi connectivity index (χ2v) is 10.7. The minimum absolute atomic E-state index is 0.281. The lowest BCUT2D eigenvalue weighted by Crippen LogP contribution is -2.52. The number of hydrogen-bond donors (Lipinski definition) is 0. The molecule has 1 aliphatic carbocycles. The predicted molar refractivity (Wildman–Crippen MR) is 128 cm³/mol. The van der Waals surface area contributed by atoms with Gasteiger partial charge in [-0.25, -0.2) is 18.9 Å². The van der Waals surface area contributed by atoms with Gasteiger partial charge in [0.05, 0.1) is 17.6 Å². The Hall–Kier alpha value is -3.20. The second kappa shape index (κ2) is 8.54. The summed E-state index contributed by atoms with van der Waals surface area (Å²) in [5.74, 6) is -0.281. The normalized spacial score (nSPS) is 19.8. The van der Waals surface area contributed by atoms with Crippen LogP contribution in [0.5, 0.6) is 5.19 Å². The number of halogens is 1. The van der Waals surface area contributed by atoms with Crippen LogP contribution < -0.4 is 4.74 Å². The molecule has 2 aliphatic rings.